The Hall–Kier alpha value is -1.27. The first kappa shape index (κ1) is 10.3. The number of methoxy groups -OCH3 is 1. The Kier molecular flexibility index (Phi) is 2.32. The minimum Gasteiger partial charge on any atom is -0.497 e. The molecule has 1 aliphatic carbocycles. The van der Waals surface area contributed by atoms with E-state index in [1.54, 1.807) is 6.07 Å². The van der Waals surface area contributed by atoms with Crippen LogP contribution in [-0.2, 0) is 5.41 Å². The van der Waals surface area contributed by atoms with E-state index in [4.69, 9.17) is 21.6 Å². The number of nitrogens with zero attached hydrogens (tertiary/aromatic N) is 1. The Balaban J connectivity index is 2.56. The van der Waals surface area contributed by atoms with Gasteiger partial charge < -0.3 is 4.74 Å². The van der Waals surface area contributed by atoms with E-state index >= 15 is 0 Å². The van der Waals surface area contributed by atoms with Crippen molar-refractivity contribution in [2.75, 3.05) is 7.11 Å². The first-order valence-electron chi connectivity index (χ1n) is 4.58. The zero-order valence-electron chi connectivity index (χ0n) is 8.18. The van der Waals surface area contributed by atoms with Crippen LogP contribution >= 0.6 is 11.6 Å². The fourth-order valence-corrected chi connectivity index (χ4v) is 1.89. The molecule has 2 rings (SSSR count). The van der Waals surface area contributed by atoms with Gasteiger partial charge in [0.05, 0.1) is 23.6 Å². The fraction of sp³-hybridized carbons (Fsp3) is 0.364. The topological polar surface area (TPSA) is 33.0 Å². The van der Waals surface area contributed by atoms with E-state index in [1.165, 1.54) is 13.2 Å². The highest BCUT2D eigenvalue weighted by Gasteiger charge is 2.47. The highest BCUT2D eigenvalue weighted by Crippen LogP contribution is 2.51. The van der Waals surface area contributed by atoms with Crippen molar-refractivity contribution in [3.05, 3.63) is 28.5 Å². The summed E-state index contributed by atoms with van der Waals surface area (Å²) in [5.74, 6) is -0.138. The normalized spacial score (nSPS) is 16.9. The molecule has 1 aliphatic rings. The summed E-state index contributed by atoms with van der Waals surface area (Å²) in [5.41, 5.74) is -0.0459. The first-order valence-corrected chi connectivity index (χ1v) is 4.95. The monoisotopic (exact) mass is 225 g/mol. The van der Waals surface area contributed by atoms with Crippen molar-refractivity contribution in [1.82, 2.24) is 0 Å². The molecule has 1 aromatic carbocycles. The third kappa shape index (κ3) is 1.55. The van der Waals surface area contributed by atoms with E-state index in [-0.39, 0.29) is 5.02 Å². The van der Waals surface area contributed by atoms with Gasteiger partial charge in [-0.05, 0) is 24.5 Å². The molecule has 4 heteroatoms. The van der Waals surface area contributed by atoms with Crippen molar-refractivity contribution in [1.29, 1.82) is 5.26 Å². The average molecular weight is 226 g/mol. The van der Waals surface area contributed by atoms with Gasteiger partial charge in [-0.25, -0.2) is 4.39 Å². The second-order valence-corrected chi connectivity index (χ2v) is 4.04. The summed E-state index contributed by atoms with van der Waals surface area (Å²) in [6.45, 7) is 0. The molecule has 0 saturated heterocycles. The van der Waals surface area contributed by atoms with Crippen molar-refractivity contribution >= 4 is 11.6 Å². The highest BCUT2D eigenvalue weighted by atomic mass is 35.5. The van der Waals surface area contributed by atoms with E-state index in [9.17, 15) is 4.39 Å². The largest absolute Gasteiger partial charge is 0.497 e. The molecule has 0 unspecified atom stereocenters. The minimum absolute atomic E-state index is 0.0369. The second kappa shape index (κ2) is 3.39. The molecule has 0 amide bonds. The molecule has 0 atom stereocenters. The van der Waals surface area contributed by atoms with Crippen LogP contribution in [0.3, 0.4) is 0 Å². The quantitative estimate of drug-likeness (QED) is 0.775. The lowest BCUT2D eigenvalue weighted by Crippen LogP contribution is -2.05. The van der Waals surface area contributed by atoms with Crippen LogP contribution < -0.4 is 4.74 Å². The standard InChI is InChI=1S/C11H9ClFNO/c1-15-7-4-8(10(12)9(13)5-7)11(6-14)2-3-11/h4-5H,2-3H2,1H3. The molecule has 0 bridgehead atoms. The van der Waals surface area contributed by atoms with Crippen LogP contribution in [0.25, 0.3) is 0 Å². The van der Waals surface area contributed by atoms with Gasteiger partial charge in [0.25, 0.3) is 0 Å². The Morgan fingerprint density at radius 1 is 1.53 bits per heavy atom. The van der Waals surface area contributed by atoms with Crippen LogP contribution in [0, 0.1) is 17.1 Å². The van der Waals surface area contributed by atoms with Crippen LogP contribution in [0.5, 0.6) is 5.75 Å². The van der Waals surface area contributed by atoms with Gasteiger partial charge in [0.15, 0.2) is 0 Å². The molecule has 1 saturated carbocycles. The number of benzene rings is 1. The zero-order valence-corrected chi connectivity index (χ0v) is 8.94. The molecule has 0 radical (unpaired) electrons. The number of ether oxygens (including phenoxy) is 1. The molecule has 0 aromatic heterocycles. The highest BCUT2D eigenvalue weighted by molar-refractivity contribution is 6.31. The van der Waals surface area contributed by atoms with Crippen LogP contribution in [0.2, 0.25) is 5.02 Å². The van der Waals surface area contributed by atoms with E-state index in [2.05, 4.69) is 6.07 Å². The van der Waals surface area contributed by atoms with Gasteiger partial charge in [-0.1, -0.05) is 11.6 Å². The maximum atomic E-state index is 13.4. The van der Waals surface area contributed by atoms with E-state index < -0.39 is 11.2 Å². The van der Waals surface area contributed by atoms with Crippen molar-refractivity contribution < 1.29 is 9.13 Å². The van der Waals surface area contributed by atoms with Crippen LogP contribution in [0.4, 0.5) is 4.39 Å². The van der Waals surface area contributed by atoms with Crippen molar-refractivity contribution in [3.63, 3.8) is 0 Å². The van der Waals surface area contributed by atoms with Crippen LogP contribution in [0.15, 0.2) is 12.1 Å². The number of halogens is 2. The Morgan fingerprint density at radius 3 is 2.67 bits per heavy atom. The molecule has 1 aromatic rings. The fourth-order valence-electron chi connectivity index (χ4n) is 1.60. The van der Waals surface area contributed by atoms with E-state index in [1.807, 2.05) is 0 Å². The zero-order chi connectivity index (χ0) is 11.1. The van der Waals surface area contributed by atoms with Crippen LogP contribution in [-0.4, -0.2) is 7.11 Å². The predicted molar refractivity (Wildman–Crippen MR) is 54.5 cm³/mol. The Labute approximate surface area is 92.2 Å². The van der Waals surface area contributed by atoms with Gasteiger partial charge in [-0.3, -0.25) is 0 Å². The molecule has 15 heavy (non-hydrogen) atoms. The Bertz CT molecular complexity index is 449. The van der Waals surface area contributed by atoms with Gasteiger partial charge in [0, 0.05) is 6.07 Å². The first-order chi connectivity index (χ1) is 7.13. The van der Waals surface area contributed by atoms with Crippen molar-refractivity contribution in [2.45, 2.75) is 18.3 Å². The summed E-state index contributed by atoms with van der Waals surface area (Å²) in [4.78, 5) is 0. The maximum absolute atomic E-state index is 13.4. The Morgan fingerprint density at radius 2 is 2.20 bits per heavy atom. The molecular weight excluding hydrogens is 217 g/mol. The van der Waals surface area contributed by atoms with Gasteiger partial charge in [-0.2, -0.15) is 5.26 Å². The smallest absolute Gasteiger partial charge is 0.145 e. The lowest BCUT2D eigenvalue weighted by molar-refractivity contribution is 0.410. The molecule has 0 heterocycles. The predicted octanol–water partition coefficient (Wildman–Crippen LogP) is 3.04. The molecule has 0 spiro atoms. The van der Waals surface area contributed by atoms with Gasteiger partial charge in [0.2, 0.25) is 0 Å². The number of hydrogen-bond donors (Lipinski definition) is 0. The number of nitriles is 1. The van der Waals surface area contributed by atoms with E-state index in [0.717, 1.165) is 12.8 Å². The third-order valence-electron chi connectivity index (χ3n) is 2.72. The average Bonchev–Trinajstić information content (AvgIpc) is 3.02. The van der Waals surface area contributed by atoms with Gasteiger partial charge in [-0.15, -0.1) is 0 Å². The van der Waals surface area contributed by atoms with Crippen LogP contribution in [0.1, 0.15) is 18.4 Å². The van der Waals surface area contributed by atoms with E-state index in [0.29, 0.717) is 11.3 Å². The summed E-state index contributed by atoms with van der Waals surface area (Å²) in [6, 6.07) is 5.04. The van der Waals surface area contributed by atoms with Crippen molar-refractivity contribution in [3.8, 4) is 11.8 Å². The van der Waals surface area contributed by atoms with Gasteiger partial charge >= 0.3 is 0 Å². The maximum Gasteiger partial charge on any atom is 0.145 e. The second-order valence-electron chi connectivity index (χ2n) is 3.66. The molecule has 0 N–H and O–H groups in total. The van der Waals surface area contributed by atoms with Crippen molar-refractivity contribution in [2.24, 2.45) is 0 Å². The lowest BCUT2D eigenvalue weighted by atomic mass is 9.97. The summed E-state index contributed by atoms with van der Waals surface area (Å²) in [5, 5.41) is 9.05. The molecule has 78 valence electrons. The molecular formula is C11H9ClFNO. The number of hydrogen-bond acceptors (Lipinski definition) is 2. The molecule has 1 fully saturated rings. The molecule has 0 aliphatic heterocycles. The summed E-state index contributed by atoms with van der Waals surface area (Å²) >= 11 is 5.84. The molecule has 2 nitrogen and oxygen atoms in total. The SMILES string of the molecule is COc1cc(F)c(Cl)c(C2(C#N)CC2)c1. The summed E-state index contributed by atoms with van der Waals surface area (Å²) in [6.07, 6.45) is 1.46. The summed E-state index contributed by atoms with van der Waals surface area (Å²) in [7, 11) is 1.46. The minimum atomic E-state index is -0.591. The number of rotatable bonds is 2. The lowest BCUT2D eigenvalue weighted by Gasteiger charge is -2.11. The summed E-state index contributed by atoms with van der Waals surface area (Å²) < 4.78 is 18.3. The van der Waals surface area contributed by atoms with Gasteiger partial charge in [0.1, 0.15) is 11.6 Å². The third-order valence-corrected chi connectivity index (χ3v) is 3.10.